The van der Waals surface area contributed by atoms with Crippen molar-refractivity contribution in [2.45, 2.75) is 31.5 Å². The van der Waals surface area contributed by atoms with Crippen LogP contribution in [0.4, 0.5) is 18.9 Å². The van der Waals surface area contributed by atoms with E-state index in [9.17, 15) is 13.2 Å². The molecule has 0 saturated heterocycles. The number of aryl methyl sites for hydroxylation is 2. The maximum atomic E-state index is 13.1. The van der Waals surface area contributed by atoms with Crippen LogP contribution in [0.5, 0.6) is 0 Å². The fraction of sp³-hybridized carbons (Fsp3) is 0.227. The second-order valence-electron chi connectivity index (χ2n) is 6.89. The molecule has 144 valence electrons. The zero-order valence-corrected chi connectivity index (χ0v) is 16.7. The van der Waals surface area contributed by atoms with Crippen LogP contribution in [-0.2, 0) is 12.7 Å². The van der Waals surface area contributed by atoms with Gasteiger partial charge in [0.2, 0.25) is 11.2 Å². The molecule has 2 nitrogen and oxygen atoms in total. The maximum Gasteiger partial charge on any atom is 0.416 e. The minimum absolute atomic E-state index is 0.588. The van der Waals surface area contributed by atoms with E-state index in [1.54, 1.807) is 6.07 Å². The third-order valence-corrected chi connectivity index (χ3v) is 6.17. The minimum atomic E-state index is -4.34. The quantitative estimate of drug-likeness (QED) is 0.485. The molecule has 0 atom stereocenters. The number of rotatable bonds is 2. The molecule has 0 fully saturated rings. The Bertz CT molecular complexity index is 1100. The highest BCUT2D eigenvalue weighted by molar-refractivity contribution is 8.03. The van der Waals surface area contributed by atoms with Crippen LogP contribution in [0.15, 0.2) is 58.5 Å². The van der Waals surface area contributed by atoms with Gasteiger partial charge in [-0.2, -0.15) is 17.7 Å². The van der Waals surface area contributed by atoms with Crippen LogP contribution in [0.1, 0.15) is 23.7 Å². The Balaban J connectivity index is 1.76. The van der Waals surface area contributed by atoms with E-state index in [-0.39, 0.29) is 0 Å². The lowest BCUT2D eigenvalue weighted by Crippen LogP contribution is -2.36. The topological polar surface area (TPSA) is 7.12 Å². The van der Waals surface area contributed by atoms with Crippen LogP contribution in [-0.4, -0.2) is 7.05 Å². The first-order valence-corrected chi connectivity index (χ1v) is 9.87. The van der Waals surface area contributed by atoms with E-state index in [0.717, 1.165) is 33.7 Å². The van der Waals surface area contributed by atoms with Gasteiger partial charge in [-0.05, 0) is 44.2 Å². The van der Waals surface area contributed by atoms with Crippen LogP contribution in [0.3, 0.4) is 0 Å². The molecule has 0 N–H and O–H groups in total. The molecule has 0 spiro atoms. The Morgan fingerprint density at radius 3 is 2.57 bits per heavy atom. The average molecular weight is 401 g/mol. The van der Waals surface area contributed by atoms with Crippen molar-refractivity contribution in [2.75, 3.05) is 11.9 Å². The number of hydrogen-bond acceptors (Lipinski definition) is 2. The summed E-state index contributed by atoms with van der Waals surface area (Å²) in [7, 11) is 1.81. The molecule has 4 rings (SSSR count). The summed E-state index contributed by atoms with van der Waals surface area (Å²) in [6, 6.07) is 14.4. The molecular weight excluding hydrogens is 381 g/mol. The number of fused-ring (bicyclic) bond motifs is 2. The first kappa shape index (κ1) is 18.9. The highest BCUT2D eigenvalue weighted by Gasteiger charge is 2.33. The molecule has 1 aromatic heterocycles. The van der Waals surface area contributed by atoms with Gasteiger partial charge in [-0.15, -0.1) is 0 Å². The summed E-state index contributed by atoms with van der Waals surface area (Å²) in [4.78, 5) is 2.66. The number of alkyl halides is 3. The molecular formula is C22H20F3N2S+. The van der Waals surface area contributed by atoms with E-state index in [2.05, 4.69) is 48.7 Å². The van der Waals surface area contributed by atoms with Crippen LogP contribution in [0, 0.1) is 6.92 Å². The zero-order valence-electron chi connectivity index (χ0n) is 15.8. The van der Waals surface area contributed by atoms with Crippen molar-refractivity contribution in [2.24, 2.45) is 0 Å². The Kier molecular flexibility index (Phi) is 4.62. The number of hydrogen-bond donors (Lipinski definition) is 0. The summed E-state index contributed by atoms with van der Waals surface area (Å²) in [5, 5.41) is 2.08. The Morgan fingerprint density at radius 1 is 1.07 bits per heavy atom. The zero-order chi connectivity index (χ0) is 20.1. The molecule has 6 heteroatoms. The lowest BCUT2D eigenvalue weighted by molar-refractivity contribution is -0.669. The van der Waals surface area contributed by atoms with Crippen molar-refractivity contribution in [3.63, 3.8) is 0 Å². The van der Waals surface area contributed by atoms with Gasteiger partial charge < -0.3 is 4.90 Å². The number of thioether (sulfide) groups is 1. The van der Waals surface area contributed by atoms with Gasteiger partial charge in [0.05, 0.1) is 16.3 Å². The van der Waals surface area contributed by atoms with Crippen LogP contribution in [0.25, 0.3) is 17.0 Å². The van der Waals surface area contributed by atoms with E-state index < -0.39 is 11.7 Å². The van der Waals surface area contributed by atoms with E-state index in [4.69, 9.17) is 0 Å². The molecule has 0 bridgehead atoms. The molecule has 0 radical (unpaired) electrons. The summed E-state index contributed by atoms with van der Waals surface area (Å²) >= 11 is 1.49. The van der Waals surface area contributed by atoms with Gasteiger partial charge in [-0.3, -0.25) is 0 Å². The normalized spacial score (nSPS) is 15.5. The molecule has 0 amide bonds. The van der Waals surface area contributed by atoms with Crippen molar-refractivity contribution in [3.8, 4) is 0 Å². The molecule has 1 aliphatic rings. The Hall–Kier alpha value is -2.47. The monoisotopic (exact) mass is 401 g/mol. The molecule has 28 heavy (non-hydrogen) atoms. The van der Waals surface area contributed by atoms with E-state index in [1.165, 1.54) is 28.8 Å². The first-order chi connectivity index (χ1) is 13.3. The number of benzene rings is 2. The molecule has 0 aliphatic carbocycles. The second kappa shape index (κ2) is 6.85. The standard InChI is InChI=1S/C22H20F3N2S/c1-4-27-17(8-6-15-11-14(2)5-9-18(15)27)13-21-26(3)19-12-16(22(23,24)25)7-10-20(19)28-21/h5-13H,4H2,1-3H3/q+1. The third kappa shape index (κ3) is 3.26. The highest BCUT2D eigenvalue weighted by atomic mass is 32.2. The predicted molar refractivity (Wildman–Crippen MR) is 108 cm³/mol. The van der Waals surface area contributed by atoms with Crippen LogP contribution >= 0.6 is 11.8 Å². The summed E-state index contributed by atoms with van der Waals surface area (Å²) in [5.74, 6) is 0. The van der Waals surface area contributed by atoms with Gasteiger partial charge in [0, 0.05) is 35.5 Å². The van der Waals surface area contributed by atoms with Crippen molar-refractivity contribution < 1.29 is 17.7 Å². The molecule has 0 saturated carbocycles. The lowest BCUT2D eigenvalue weighted by atomic mass is 10.1. The van der Waals surface area contributed by atoms with Gasteiger partial charge >= 0.3 is 6.18 Å². The first-order valence-electron chi connectivity index (χ1n) is 9.05. The van der Waals surface area contributed by atoms with E-state index in [0.29, 0.717) is 5.69 Å². The average Bonchev–Trinajstić information content (AvgIpc) is 2.96. The molecule has 2 heterocycles. The molecule has 2 aromatic carbocycles. The van der Waals surface area contributed by atoms with Crippen molar-refractivity contribution >= 4 is 34.4 Å². The number of nitrogens with zero attached hydrogens (tertiary/aromatic N) is 2. The van der Waals surface area contributed by atoms with Crippen LogP contribution < -0.4 is 9.47 Å². The minimum Gasteiger partial charge on any atom is -0.338 e. The molecule has 3 aromatic rings. The van der Waals surface area contributed by atoms with Gasteiger partial charge in [0.25, 0.3) is 0 Å². The summed E-state index contributed by atoms with van der Waals surface area (Å²) in [5.41, 5.74) is 3.35. The van der Waals surface area contributed by atoms with Crippen LogP contribution in [0.2, 0.25) is 0 Å². The Morgan fingerprint density at radius 2 is 1.86 bits per heavy atom. The fourth-order valence-electron chi connectivity index (χ4n) is 3.53. The van der Waals surface area contributed by atoms with Gasteiger partial charge in [-0.1, -0.05) is 23.4 Å². The summed E-state index contributed by atoms with van der Waals surface area (Å²) in [6.45, 7) is 4.97. The Labute approximate surface area is 166 Å². The van der Waals surface area contributed by atoms with Gasteiger partial charge in [0.1, 0.15) is 6.54 Å². The molecule has 0 unspecified atom stereocenters. The van der Waals surface area contributed by atoms with Gasteiger partial charge in [0.15, 0.2) is 0 Å². The maximum absolute atomic E-state index is 13.1. The summed E-state index contributed by atoms with van der Waals surface area (Å²) in [6.07, 6.45) is -2.30. The van der Waals surface area contributed by atoms with E-state index in [1.807, 2.05) is 18.0 Å². The number of aromatic nitrogens is 1. The summed E-state index contributed by atoms with van der Waals surface area (Å²) < 4.78 is 41.4. The predicted octanol–water partition coefficient (Wildman–Crippen LogP) is 6.01. The SMILES string of the molecule is CC[n+]1c(C=C2Sc3ccc(C(F)(F)F)cc3N2C)ccc2cc(C)ccc21. The van der Waals surface area contributed by atoms with Crippen molar-refractivity contribution in [1.29, 1.82) is 0 Å². The third-order valence-electron chi connectivity index (χ3n) is 5.00. The highest BCUT2D eigenvalue weighted by Crippen LogP contribution is 2.47. The number of pyridine rings is 1. The smallest absolute Gasteiger partial charge is 0.338 e. The second-order valence-corrected chi connectivity index (χ2v) is 7.95. The largest absolute Gasteiger partial charge is 0.416 e. The van der Waals surface area contributed by atoms with Crippen molar-refractivity contribution in [1.82, 2.24) is 0 Å². The molecule has 1 aliphatic heterocycles. The number of halogens is 3. The van der Waals surface area contributed by atoms with Gasteiger partial charge in [-0.25, -0.2) is 0 Å². The fourth-order valence-corrected chi connectivity index (χ4v) is 4.61. The lowest BCUT2D eigenvalue weighted by Gasteiger charge is -2.15. The number of anilines is 1. The van der Waals surface area contributed by atoms with E-state index >= 15 is 0 Å². The van der Waals surface area contributed by atoms with Crippen molar-refractivity contribution in [3.05, 3.63) is 70.4 Å².